The van der Waals surface area contributed by atoms with Crippen molar-refractivity contribution in [3.8, 4) is 11.5 Å². The molecular formula is C19H26O13. The molecule has 1 aromatic carbocycles. The topological polar surface area (TPSA) is 216 Å². The van der Waals surface area contributed by atoms with Gasteiger partial charge in [0.1, 0.15) is 53.7 Å². The van der Waals surface area contributed by atoms with Crippen LogP contribution in [0.15, 0.2) is 18.2 Å². The number of phenols is 1. The van der Waals surface area contributed by atoms with Crippen molar-refractivity contribution in [2.45, 2.75) is 68.3 Å². The number of benzene rings is 1. The van der Waals surface area contributed by atoms with Gasteiger partial charge in [-0.05, 0) is 25.1 Å². The van der Waals surface area contributed by atoms with Gasteiger partial charge < -0.3 is 59.8 Å². The minimum atomic E-state index is -1.73. The monoisotopic (exact) mass is 462 g/mol. The first-order valence-electron chi connectivity index (χ1n) is 9.75. The summed E-state index contributed by atoms with van der Waals surface area (Å²) in [6, 6.07) is 3.25. The molecule has 0 radical (unpaired) electrons. The maximum absolute atomic E-state index is 11.2. The predicted octanol–water partition coefficient (Wildman–Crippen LogP) is -2.88. The van der Waals surface area contributed by atoms with E-state index in [0.29, 0.717) is 0 Å². The molecule has 2 aliphatic heterocycles. The Kier molecular flexibility index (Phi) is 7.54. The van der Waals surface area contributed by atoms with Crippen molar-refractivity contribution in [2.24, 2.45) is 0 Å². The highest BCUT2D eigenvalue weighted by molar-refractivity contribution is 5.91. The Labute approximate surface area is 181 Å². The fourth-order valence-corrected chi connectivity index (χ4v) is 3.47. The van der Waals surface area contributed by atoms with Gasteiger partial charge in [0.25, 0.3) is 0 Å². The Morgan fingerprint density at radius 2 is 1.66 bits per heavy atom. The van der Waals surface area contributed by atoms with E-state index in [0.717, 1.165) is 12.1 Å². The van der Waals surface area contributed by atoms with Crippen LogP contribution in [0, 0.1) is 0 Å². The van der Waals surface area contributed by atoms with E-state index in [9.17, 15) is 40.5 Å². The Balaban J connectivity index is 1.86. The highest BCUT2D eigenvalue weighted by atomic mass is 16.8. The number of carboxylic acids is 1. The molecule has 2 saturated heterocycles. The number of rotatable bonds is 6. The summed E-state index contributed by atoms with van der Waals surface area (Å²) in [6.45, 7) is 0.712. The van der Waals surface area contributed by atoms with E-state index >= 15 is 0 Å². The van der Waals surface area contributed by atoms with Gasteiger partial charge in [-0.15, -0.1) is 0 Å². The largest absolute Gasteiger partial charge is 0.507 e. The molecule has 0 aliphatic carbocycles. The van der Waals surface area contributed by atoms with Crippen LogP contribution in [0.25, 0.3) is 0 Å². The zero-order valence-corrected chi connectivity index (χ0v) is 16.8. The Hall–Kier alpha value is -2.07. The van der Waals surface area contributed by atoms with E-state index < -0.39 is 85.3 Å². The summed E-state index contributed by atoms with van der Waals surface area (Å²) in [6.07, 6.45) is -15.0. The summed E-state index contributed by atoms with van der Waals surface area (Å²) in [5.74, 6) is -2.08. The lowest BCUT2D eigenvalue weighted by Crippen LogP contribution is -2.64. The molecule has 0 unspecified atom stereocenters. The van der Waals surface area contributed by atoms with Crippen molar-refractivity contribution in [3.05, 3.63) is 23.8 Å². The third kappa shape index (κ3) is 4.80. The third-order valence-electron chi connectivity index (χ3n) is 5.37. The lowest BCUT2D eigenvalue weighted by Gasteiger charge is -2.45. The van der Waals surface area contributed by atoms with Gasteiger partial charge in [-0.25, -0.2) is 4.79 Å². The van der Waals surface area contributed by atoms with Gasteiger partial charge in [0.2, 0.25) is 6.29 Å². The summed E-state index contributed by atoms with van der Waals surface area (Å²) >= 11 is 0. The Morgan fingerprint density at radius 3 is 2.28 bits per heavy atom. The maximum atomic E-state index is 11.2. The van der Waals surface area contributed by atoms with Crippen LogP contribution in [-0.4, -0.2) is 115 Å². The van der Waals surface area contributed by atoms with Crippen molar-refractivity contribution < 1.29 is 64.6 Å². The first-order valence-corrected chi connectivity index (χ1v) is 9.75. The molecule has 0 amide bonds. The second-order valence-electron chi connectivity index (χ2n) is 7.59. The number of carbonyl (C=O) groups is 1. The number of aliphatic hydroxyl groups excluding tert-OH is 6. The predicted molar refractivity (Wildman–Crippen MR) is 101 cm³/mol. The van der Waals surface area contributed by atoms with E-state index in [4.69, 9.17) is 24.1 Å². The number of hydrogen-bond donors (Lipinski definition) is 8. The normalized spacial score (nSPS) is 40.1. The number of aromatic carboxylic acids is 1. The third-order valence-corrected chi connectivity index (χ3v) is 5.37. The van der Waals surface area contributed by atoms with Gasteiger partial charge >= 0.3 is 5.97 Å². The SMILES string of the molecule is C[C@@H]1O[C@@H](O[C@H]2[C@H](Oc3ccc(O)c(C(=O)O)c3)O[C@H](CO)[C@@H](O)[C@@H]2O)[C@H](O)[C@H](O)[C@H]1O. The van der Waals surface area contributed by atoms with Crippen LogP contribution in [0.5, 0.6) is 11.5 Å². The molecule has 180 valence electrons. The van der Waals surface area contributed by atoms with Crippen LogP contribution >= 0.6 is 0 Å². The van der Waals surface area contributed by atoms with Crippen LogP contribution < -0.4 is 4.74 Å². The average Bonchev–Trinajstić information content (AvgIpc) is 2.76. The van der Waals surface area contributed by atoms with Gasteiger partial charge in [-0.3, -0.25) is 0 Å². The minimum absolute atomic E-state index is 0.118. The zero-order chi connectivity index (χ0) is 23.7. The van der Waals surface area contributed by atoms with Gasteiger partial charge in [0, 0.05) is 0 Å². The molecule has 1 aromatic rings. The molecule has 13 nitrogen and oxygen atoms in total. The Bertz CT molecular complexity index is 803. The molecule has 0 aromatic heterocycles. The van der Waals surface area contributed by atoms with Gasteiger partial charge in [-0.2, -0.15) is 0 Å². The van der Waals surface area contributed by atoms with Crippen LogP contribution in [0.3, 0.4) is 0 Å². The van der Waals surface area contributed by atoms with Crippen LogP contribution in [0.1, 0.15) is 17.3 Å². The molecular weight excluding hydrogens is 436 g/mol. The summed E-state index contributed by atoms with van der Waals surface area (Å²) in [7, 11) is 0. The lowest BCUT2D eigenvalue weighted by atomic mass is 9.97. The van der Waals surface area contributed by atoms with Crippen molar-refractivity contribution in [1.82, 2.24) is 0 Å². The van der Waals surface area contributed by atoms with Crippen LogP contribution in [0.4, 0.5) is 0 Å². The van der Waals surface area contributed by atoms with E-state index in [1.54, 1.807) is 0 Å². The van der Waals surface area contributed by atoms with Crippen LogP contribution in [0.2, 0.25) is 0 Å². The number of aromatic hydroxyl groups is 1. The fourth-order valence-electron chi connectivity index (χ4n) is 3.47. The summed E-state index contributed by atoms with van der Waals surface area (Å²) in [5, 5.41) is 79.0. The van der Waals surface area contributed by atoms with Gasteiger partial charge in [0.15, 0.2) is 12.4 Å². The zero-order valence-electron chi connectivity index (χ0n) is 16.8. The van der Waals surface area contributed by atoms with Crippen LogP contribution in [-0.2, 0) is 14.2 Å². The second kappa shape index (κ2) is 9.82. The summed E-state index contributed by atoms with van der Waals surface area (Å²) in [5.41, 5.74) is -0.480. The smallest absolute Gasteiger partial charge is 0.339 e. The molecule has 2 aliphatic rings. The number of ether oxygens (including phenoxy) is 4. The molecule has 2 fully saturated rings. The van der Waals surface area contributed by atoms with E-state index in [2.05, 4.69) is 0 Å². The molecule has 8 N–H and O–H groups in total. The lowest BCUT2D eigenvalue weighted by molar-refractivity contribution is -0.354. The van der Waals surface area contributed by atoms with Gasteiger partial charge in [-0.1, -0.05) is 0 Å². The first kappa shape index (κ1) is 24.6. The fraction of sp³-hybridized carbons (Fsp3) is 0.632. The van der Waals surface area contributed by atoms with E-state index in [-0.39, 0.29) is 5.75 Å². The summed E-state index contributed by atoms with van der Waals surface area (Å²) < 4.78 is 21.9. The summed E-state index contributed by atoms with van der Waals surface area (Å²) in [4.78, 5) is 11.2. The average molecular weight is 462 g/mol. The standard InChI is InChI=1S/C19H26O13/c1-6-11(22)13(24)15(26)18(29-6)32-16-14(25)12(23)10(5-20)31-19(16)30-7-2-3-9(21)8(4-7)17(27)28/h2-4,6,10-16,18-26H,5H2,1H3,(H,27,28)/t6-,10+,11-,12+,13+,14-,15+,16+,18-,19+/m0/s1. The van der Waals surface area contributed by atoms with E-state index in [1.807, 2.05) is 0 Å². The maximum Gasteiger partial charge on any atom is 0.339 e. The molecule has 0 saturated carbocycles. The molecule has 32 heavy (non-hydrogen) atoms. The second-order valence-corrected chi connectivity index (χ2v) is 7.59. The van der Waals surface area contributed by atoms with Crippen molar-refractivity contribution in [1.29, 1.82) is 0 Å². The first-order chi connectivity index (χ1) is 15.0. The quantitative estimate of drug-likeness (QED) is 0.213. The number of hydrogen-bond acceptors (Lipinski definition) is 12. The highest BCUT2D eigenvalue weighted by Gasteiger charge is 2.50. The molecule has 2 heterocycles. The molecule has 0 bridgehead atoms. The number of carboxylic acid groups (broad SMARTS) is 1. The molecule has 13 heteroatoms. The van der Waals surface area contributed by atoms with E-state index in [1.165, 1.54) is 13.0 Å². The molecule has 3 rings (SSSR count). The minimum Gasteiger partial charge on any atom is -0.507 e. The van der Waals surface area contributed by atoms with Crippen molar-refractivity contribution >= 4 is 5.97 Å². The van der Waals surface area contributed by atoms with Crippen molar-refractivity contribution in [2.75, 3.05) is 6.61 Å². The van der Waals surface area contributed by atoms with Gasteiger partial charge in [0.05, 0.1) is 12.7 Å². The molecule has 0 spiro atoms. The number of aliphatic hydroxyl groups is 6. The molecule has 10 atom stereocenters. The Morgan fingerprint density at radius 1 is 0.969 bits per heavy atom. The van der Waals surface area contributed by atoms with Crippen molar-refractivity contribution in [3.63, 3.8) is 0 Å². The highest BCUT2D eigenvalue weighted by Crippen LogP contribution is 2.31.